The highest BCUT2D eigenvalue weighted by Crippen LogP contribution is 2.26. The molecule has 0 radical (unpaired) electrons. The van der Waals surface area contributed by atoms with Crippen LogP contribution in [-0.4, -0.2) is 10.2 Å². The van der Waals surface area contributed by atoms with Crippen molar-refractivity contribution in [1.82, 2.24) is 10.2 Å². The molecule has 0 saturated carbocycles. The minimum absolute atomic E-state index is 0.680. The van der Waals surface area contributed by atoms with Gasteiger partial charge in [0.25, 0.3) is 0 Å². The maximum Gasteiger partial charge on any atom is 0.160 e. The van der Waals surface area contributed by atoms with Gasteiger partial charge in [0.15, 0.2) is 5.82 Å². The third kappa shape index (κ3) is 1.98. The van der Waals surface area contributed by atoms with Gasteiger partial charge in [-0.05, 0) is 36.4 Å². The van der Waals surface area contributed by atoms with E-state index in [0.717, 1.165) is 22.4 Å². The van der Waals surface area contributed by atoms with E-state index < -0.39 is 0 Å². The van der Waals surface area contributed by atoms with E-state index in [0.29, 0.717) is 10.7 Å². The lowest BCUT2D eigenvalue weighted by Crippen LogP contribution is -1.91. The summed E-state index contributed by atoms with van der Waals surface area (Å²) in [6, 6.07) is 13.1. The highest BCUT2D eigenvalue weighted by Gasteiger charge is 2.06. The molecule has 0 bridgehead atoms. The summed E-state index contributed by atoms with van der Waals surface area (Å²) in [7, 11) is 0. The molecule has 1 heterocycles. The Morgan fingerprint density at radius 3 is 2.89 bits per heavy atom. The largest absolute Gasteiger partial charge is 0.399 e. The van der Waals surface area contributed by atoms with E-state index in [4.69, 9.17) is 17.3 Å². The number of rotatable bonds is 2. The van der Waals surface area contributed by atoms with Gasteiger partial charge in [0.05, 0.1) is 5.52 Å². The lowest BCUT2D eigenvalue weighted by molar-refractivity contribution is 1.12. The van der Waals surface area contributed by atoms with Crippen LogP contribution >= 0.6 is 11.6 Å². The van der Waals surface area contributed by atoms with Crippen molar-refractivity contribution in [3.05, 3.63) is 47.5 Å². The van der Waals surface area contributed by atoms with E-state index in [1.165, 1.54) is 0 Å². The molecule has 0 fully saturated rings. The Hall–Kier alpha value is -2.20. The Labute approximate surface area is 109 Å². The number of nitrogens with zero attached hydrogens (tertiary/aromatic N) is 1. The molecule has 2 aromatic carbocycles. The van der Waals surface area contributed by atoms with E-state index in [1.54, 1.807) is 0 Å². The van der Waals surface area contributed by atoms with Crippen molar-refractivity contribution in [3.8, 4) is 0 Å². The first kappa shape index (κ1) is 10.9. The van der Waals surface area contributed by atoms with Gasteiger partial charge in [0.2, 0.25) is 0 Å². The number of halogens is 1. The number of anilines is 3. The van der Waals surface area contributed by atoms with Crippen LogP contribution < -0.4 is 11.1 Å². The first-order chi connectivity index (χ1) is 8.72. The summed E-state index contributed by atoms with van der Waals surface area (Å²) in [5.41, 5.74) is 8.31. The van der Waals surface area contributed by atoms with Crippen molar-refractivity contribution >= 4 is 39.7 Å². The zero-order valence-electron chi connectivity index (χ0n) is 9.44. The molecule has 0 spiro atoms. The molecule has 90 valence electrons. The highest BCUT2D eigenvalue weighted by molar-refractivity contribution is 6.30. The quantitative estimate of drug-likeness (QED) is 0.616. The van der Waals surface area contributed by atoms with Crippen molar-refractivity contribution in [1.29, 1.82) is 0 Å². The summed E-state index contributed by atoms with van der Waals surface area (Å²) < 4.78 is 0. The Bertz CT molecular complexity index is 705. The Morgan fingerprint density at radius 1 is 1.17 bits per heavy atom. The molecule has 0 unspecified atom stereocenters. The molecule has 0 aliphatic carbocycles. The van der Waals surface area contributed by atoms with Crippen molar-refractivity contribution in [3.63, 3.8) is 0 Å². The molecule has 4 N–H and O–H groups in total. The topological polar surface area (TPSA) is 66.7 Å². The number of H-pyrrole nitrogens is 1. The molecule has 0 saturated heterocycles. The molecular formula is C13H11ClN4. The molecule has 0 aliphatic rings. The van der Waals surface area contributed by atoms with Gasteiger partial charge in [0.1, 0.15) is 0 Å². The molecular weight excluding hydrogens is 248 g/mol. The van der Waals surface area contributed by atoms with Gasteiger partial charge in [-0.1, -0.05) is 17.7 Å². The highest BCUT2D eigenvalue weighted by atomic mass is 35.5. The summed E-state index contributed by atoms with van der Waals surface area (Å²) in [6.45, 7) is 0. The van der Waals surface area contributed by atoms with Crippen LogP contribution in [0.4, 0.5) is 17.2 Å². The number of fused-ring (bicyclic) bond motifs is 1. The van der Waals surface area contributed by atoms with Gasteiger partial charge >= 0.3 is 0 Å². The predicted octanol–water partition coefficient (Wildman–Crippen LogP) is 3.54. The number of aromatic amines is 1. The number of nitrogens with two attached hydrogens (primary N) is 1. The maximum atomic E-state index is 5.94. The van der Waals surface area contributed by atoms with E-state index in [9.17, 15) is 0 Å². The van der Waals surface area contributed by atoms with Gasteiger partial charge in [0, 0.05) is 21.8 Å². The first-order valence-electron chi connectivity index (χ1n) is 5.48. The Kier molecular flexibility index (Phi) is 2.57. The van der Waals surface area contributed by atoms with Crippen LogP contribution in [0.2, 0.25) is 5.02 Å². The van der Waals surface area contributed by atoms with E-state index >= 15 is 0 Å². The van der Waals surface area contributed by atoms with Crippen LogP contribution in [0, 0.1) is 0 Å². The monoisotopic (exact) mass is 258 g/mol. The number of benzene rings is 2. The Balaban J connectivity index is 2.02. The van der Waals surface area contributed by atoms with Crippen molar-refractivity contribution < 1.29 is 0 Å². The van der Waals surface area contributed by atoms with Crippen molar-refractivity contribution in [2.75, 3.05) is 11.1 Å². The molecule has 4 nitrogen and oxygen atoms in total. The van der Waals surface area contributed by atoms with Crippen LogP contribution in [0.3, 0.4) is 0 Å². The van der Waals surface area contributed by atoms with E-state index in [1.807, 2.05) is 42.5 Å². The standard InChI is InChI=1S/C13H11ClN4/c14-8-2-1-3-10(6-8)16-13-11-7-9(15)4-5-12(11)17-18-13/h1-7H,15H2,(H2,16,17,18). The lowest BCUT2D eigenvalue weighted by Gasteiger charge is -2.04. The molecule has 0 amide bonds. The van der Waals surface area contributed by atoms with E-state index in [-0.39, 0.29) is 0 Å². The fraction of sp³-hybridized carbons (Fsp3) is 0. The molecule has 3 rings (SSSR count). The summed E-state index contributed by atoms with van der Waals surface area (Å²) in [4.78, 5) is 0. The number of aromatic nitrogens is 2. The molecule has 0 atom stereocenters. The average molecular weight is 259 g/mol. The fourth-order valence-corrected chi connectivity index (χ4v) is 2.02. The fourth-order valence-electron chi connectivity index (χ4n) is 1.83. The van der Waals surface area contributed by atoms with Crippen LogP contribution in [-0.2, 0) is 0 Å². The number of nitrogens with one attached hydrogen (secondary N) is 2. The summed E-state index contributed by atoms with van der Waals surface area (Å²) in [5.74, 6) is 0.736. The van der Waals surface area contributed by atoms with Gasteiger partial charge in [-0.2, -0.15) is 5.10 Å². The van der Waals surface area contributed by atoms with Gasteiger partial charge < -0.3 is 11.1 Å². The average Bonchev–Trinajstić information content (AvgIpc) is 2.72. The predicted molar refractivity (Wildman–Crippen MR) is 75.2 cm³/mol. The SMILES string of the molecule is Nc1ccc2[nH]nc(Nc3cccc(Cl)c3)c2c1. The van der Waals surface area contributed by atoms with Gasteiger partial charge in [-0.25, -0.2) is 0 Å². The summed E-state index contributed by atoms with van der Waals surface area (Å²) in [5, 5.41) is 12.0. The summed E-state index contributed by atoms with van der Waals surface area (Å²) in [6.07, 6.45) is 0. The second-order valence-corrected chi connectivity index (χ2v) is 4.45. The maximum absolute atomic E-state index is 5.94. The van der Waals surface area contributed by atoms with Gasteiger partial charge in [-0.15, -0.1) is 0 Å². The second-order valence-electron chi connectivity index (χ2n) is 4.01. The minimum atomic E-state index is 0.680. The number of hydrogen-bond donors (Lipinski definition) is 3. The zero-order valence-corrected chi connectivity index (χ0v) is 10.2. The van der Waals surface area contributed by atoms with Crippen molar-refractivity contribution in [2.24, 2.45) is 0 Å². The smallest absolute Gasteiger partial charge is 0.160 e. The minimum Gasteiger partial charge on any atom is -0.399 e. The lowest BCUT2D eigenvalue weighted by atomic mass is 10.2. The molecule has 5 heteroatoms. The first-order valence-corrected chi connectivity index (χ1v) is 5.86. The second kappa shape index (κ2) is 4.23. The molecule has 0 aliphatic heterocycles. The van der Waals surface area contributed by atoms with Crippen molar-refractivity contribution in [2.45, 2.75) is 0 Å². The Morgan fingerprint density at radius 2 is 2.06 bits per heavy atom. The van der Waals surface area contributed by atoms with Crippen LogP contribution in [0.1, 0.15) is 0 Å². The molecule has 1 aromatic heterocycles. The third-order valence-electron chi connectivity index (χ3n) is 2.67. The van der Waals surface area contributed by atoms with Crippen LogP contribution in [0.25, 0.3) is 10.9 Å². The molecule has 3 aromatic rings. The molecule has 18 heavy (non-hydrogen) atoms. The number of nitrogen functional groups attached to an aromatic ring is 1. The zero-order chi connectivity index (χ0) is 12.5. The number of hydrogen-bond acceptors (Lipinski definition) is 3. The normalized spacial score (nSPS) is 10.7. The van der Waals surface area contributed by atoms with E-state index in [2.05, 4.69) is 15.5 Å². The van der Waals surface area contributed by atoms with Crippen LogP contribution in [0.5, 0.6) is 0 Å². The van der Waals surface area contributed by atoms with Gasteiger partial charge in [-0.3, -0.25) is 5.10 Å². The summed E-state index contributed by atoms with van der Waals surface area (Å²) >= 11 is 5.94. The third-order valence-corrected chi connectivity index (χ3v) is 2.91. The van der Waals surface area contributed by atoms with Crippen LogP contribution in [0.15, 0.2) is 42.5 Å².